The Kier molecular flexibility index (Phi) is 4.98. The molecule has 1 N–H and O–H groups in total. The molecule has 2 aromatic heterocycles. The summed E-state index contributed by atoms with van der Waals surface area (Å²) in [5.74, 6) is 1.10. The van der Waals surface area contributed by atoms with Gasteiger partial charge in [0.25, 0.3) is 11.5 Å². The standard InChI is InChI=1S/C22H20ClN3O4S/c1-11-12(2)31-21-17(11)20(27)24-19(25-21)14(22(28)26-5-3-4-6-26)7-13-8-15(23)18-16(9-13)29-10-30-18/h7-9H,3-6,10H2,1-2H3,(H,24,25,27). The van der Waals surface area contributed by atoms with Crippen LogP contribution in [0.2, 0.25) is 5.02 Å². The highest BCUT2D eigenvalue weighted by atomic mass is 35.5. The quantitative estimate of drug-likeness (QED) is 0.597. The van der Waals surface area contributed by atoms with Crippen molar-refractivity contribution in [3.8, 4) is 11.5 Å². The number of fused-ring (bicyclic) bond motifs is 2. The summed E-state index contributed by atoms with van der Waals surface area (Å²) in [4.78, 5) is 37.2. The van der Waals surface area contributed by atoms with Gasteiger partial charge in [-0.05, 0) is 56.0 Å². The summed E-state index contributed by atoms with van der Waals surface area (Å²) >= 11 is 7.79. The molecular formula is C22H20ClN3O4S. The van der Waals surface area contributed by atoms with E-state index < -0.39 is 0 Å². The molecule has 0 unspecified atom stereocenters. The number of aromatic amines is 1. The highest BCUT2D eigenvalue weighted by Crippen LogP contribution is 2.40. The third-order valence-electron chi connectivity index (χ3n) is 5.68. The van der Waals surface area contributed by atoms with Gasteiger partial charge in [0, 0.05) is 18.0 Å². The molecule has 0 aliphatic carbocycles. The monoisotopic (exact) mass is 457 g/mol. The zero-order valence-corrected chi connectivity index (χ0v) is 18.7. The van der Waals surface area contributed by atoms with Crippen LogP contribution in [0.4, 0.5) is 0 Å². The maximum atomic E-state index is 13.4. The van der Waals surface area contributed by atoms with Crippen LogP contribution >= 0.6 is 22.9 Å². The lowest BCUT2D eigenvalue weighted by Gasteiger charge is -2.17. The lowest BCUT2D eigenvalue weighted by atomic mass is 10.1. The molecule has 3 aromatic rings. The topological polar surface area (TPSA) is 84.5 Å². The van der Waals surface area contributed by atoms with Crippen molar-refractivity contribution in [2.24, 2.45) is 0 Å². The molecule has 0 radical (unpaired) electrons. The zero-order chi connectivity index (χ0) is 21.7. The first-order chi connectivity index (χ1) is 14.9. The van der Waals surface area contributed by atoms with Gasteiger partial charge in [0.2, 0.25) is 6.79 Å². The number of hydrogen-bond acceptors (Lipinski definition) is 6. The van der Waals surface area contributed by atoms with Gasteiger partial charge < -0.3 is 19.4 Å². The maximum Gasteiger partial charge on any atom is 0.260 e. The van der Waals surface area contributed by atoms with E-state index in [1.54, 1.807) is 23.1 Å². The fourth-order valence-corrected chi connectivity index (χ4v) is 5.25. The summed E-state index contributed by atoms with van der Waals surface area (Å²) in [7, 11) is 0. The van der Waals surface area contributed by atoms with Crippen molar-refractivity contribution < 1.29 is 14.3 Å². The van der Waals surface area contributed by atoms with Crippen LogP contribution in [0.25, 0.3) is 21.9 Å². The van der Waals surface area contributed by atoms with Crippen molar-refractivity contribution in [2.45, 2.75) is 26.7 Å². The van der Waals surface area contributed by atoms with E-state index in [0.717, 1.165) is 23.3 Å². The number of H-pyrrole nitrogens is 1. The van der Waals surface area contributed by atoms with Crippen LogP contribution in [0.5, 0.6) is 11.5 Å². The molecule has 9 heteroatoms. The molecule has 1 aromatic carbocycles. The van der Waals surface area contributed by atoms with Gasteiger partial charge in [-0.15, -0.1) is 11.3 Å². The average molecular weight is 458 g/mol. The summed E-state index contributed by atoms with van der Waals surface area (Å²) in [6.45, 7) is 5.33. The Hall–Kier alpha value is -2.84. The van der Waals surface area contributed by atoms with Crippen molar-refractivity contribution in [3.63, 3.8) is 0 Å². The summed E-state index contributed by atoms with van der Waals surface area (Å²) < 4.78 is 10.8. The largest absolute Gasteiger partial charge is 0.454 e. The molecule has 1 fully saturated rings. The number of nitrogens with zero attached hydrogens (tertiary/aromatic N) is 2. The predicted molar refractivity (Wildman–Crippen MR) is 121 cm³/mol. The second-order valence-electron chi connectivity index (χ2n) is 7.67. The van der Waals surface area contributed by atoms with E-state index in [1.165, 1.54) is 11.3 Å². The highest BCUT2D eigenvalue weighted by molar-refractivity contribution is 7.18. The van der Waals surface area contributed by atoms with Gasteiger partial charge in [0.15, 0.2) is 11.5 Å². The number of rotatable bonds is 3. The van der Waals surface area contributed by atoms with Gasteiger partial charge in [0.1, 0.15) is 10.7 Å². The molecule has 5 rings (SSSR count). The third-order valence-corrected chi connectivity index (χ3v) is 7.06. The minimum Gasteiger partial charge on any atom is -0.454 e. The fraction of sp³-hybridized carbons (Fsp3) is 0.318. The lowest BCUT2D eigenvalue weighted by Crippen LogP contribution is -2.29. The maximum absolute atomic E-state index is 13.4. The fourth-order valence-electron chi connectivity index (χ4n) is 3.94. The van der Waals surface area contributed by atoms with E-state index in [9.17, 15) is 9.59 Å². The van der Waals surface area contributed by atoms with Crippen molar-refractivity contribution in [1.82, 2.24) is 14.9 Å². The van der Waals surface area contributed by atoms with Gasteiger partial charge in [-0.1, -0.05) is 11.6 Å². The number of nitrogens with one attached hydrogen (secondary N) is 1. The summed E-state index contributed by atoms with van der Waals surface area (Å²) in [6, 6.07) is 3.48. The van der Waals surface area contributed by atoms with Gasteiger partial charge in [-0.3, -0.25) is 9.59 Å². The zero-order valence-electron chi connectivity index (χ0n) is 17.1. The number of aryl methyl sites for hydroxylation is 2. The predicted octanol–water partition coefficient (Wildman–Crippen LogP) is 4.15. The molecule has 1 saturated heterocycles. The minimum atomic E-state index is -0.245. The number of amides is 1. The van der Waals surface area contributed by atoms with E-state index in [-0.39, 0.29) is 24.1 Å². The highest BCUT2D eigenvalue weighted by Gasteiger charge is 2.26. The number of benzene rings is 1. The number of halogens is 1. The first kappa shape index (κ1) is 20.1. The molecule has 4 heterocycles. The van der Waals surface area contributed by atoms with E-state index in [0.29, 0.717) is 51.0 Å². The SMILES string of the molecule is Cc1sc2nc(C(=Cc3cc(Cl)c4c(c3)OCO4)C(=O)N3CCCC3)[nH]c(=O)c2c1C. The molecule has 0 saturated carbocycles. The lowest BCUT2D eigenvalue weighted by molar-refractivity contribution is -0.123. The molecule has 1 amide bonds. The Bertz CT molecular complexity index is 1300. The normalized spacial score (nSPS) is 15.8. The second kappa shape index (κ2) is 7.69. The molecule has 160 valence electrons. The van der Waals surface area contributed by atoms with Crippen LogP contribution in [-0.2, 0) is 4.79 Å². The molecule has 31 heavy (non-hydrogen) atoms. The van der Waals surface area contributed by atoms with E-state index in [1.807, 2.05) is 13.8 Å². The Morgan fingerprint density at radius 1 is 1.26 bits per heavy atom. The summed E-state index contributed by atoms with van der Waals surface area (Å²) in [6.07, 6.45) is 3.62. The van der Waals surface area contributed by atoms with Crippen molar-refractivity contribution >= 4 is 50.7 Å². The van der Waals surface area contributed by atoms with Crippen molar-refractivity contribution in [1.29, 1.82) is 0 Å². The Labute approximate surface area is 187 Å². The van der Waals surface area contributed by atoms with Crippen LogP contribution in [0.1, 0.15) is 34.7 Å². The molecule has 2 aliphatic rings. The number of likely N-dealkylation sites (tertiary alicyclic amines) is 1. The molecule has 0 spiro atoms. The van der Waals surface area contributed by atoms with Gasteiger partial charge in [-0.2, -0.15) is 0 Å². The van der Waals surface area contributed by atoms with Crippen LogP contribution in [-0.4, -0.2) is 40.7 Å². The van der Waals surface area contributed by atoms with Crippen molar-refractivity contribution in [3.05, 3.63) is 49.3 Å². The molecule has 0 atom stereocenters. The third kappa shape index (κ3) is 3.49. The number of thiophene rings is 1. The van der Waals surface area contributed by atoms with Crippen LogP contribution in [0.3, 0.4) is 0 Å². The number of aromatic nitrogens is 2. The first-order valence-electron chi connectivity index (χ1n) is 10.0. The van der Waals surface area contributed by atoms with Crippen molar-refractivity contribution in [2.75, 3.05) is 19.9 Å². The Morgan fingerprint density at radius 2 is 2.03 bits per heavy atom. The molecule has 0 bridgehead atoms. The van der Waals surface area contributed by atoms with Crippen LogP contribution in [0, 0.1) is 13.8 Å². The molecule has 7 nitrogen and oxygen atoms in total. The second-order valence-corrected chi connectivity index (χ2v) is 9.28. The van der Waals surface area contributed by atoms with Gasteiger partial charge in [-0.25, -0.2) is 4.98 Å². The number of carbonyl (C=O) groups is 1. The number of carbonyl (C=O) groups excluding carboxylic acids is 1. The molecule has 2 aliphatic heterocycles. The summed E-state index contributed by atoms with van der Waals surface area (Å²) in [5.41, 5.74) is 1.66. The smallest absolute Gasteiger partial charge is 0.260 e. The number of hydrogen-bond donors (Lipinski definition) is 1. The van der Waals surface area contributed by atoms with E-state index >= 15 is 0 Å². The summed E-state index contributed by atoms with van der Waals surface area (Å²) in [5, 5.41) is 0.973. The van der Waals surface area contributed by atoms with E-state index in [4.69, 9.17) is 21.1 Å². The number of ether oxygens (including phenoxy) is 2. The average Bonchev–Trinajstić information content (AvgIpc) is 3.47. The first-order valence-corrected chi connectivity index (χ1v) is 11.2. The van der Waals surface area contributed by atoms with Crippen LogP contribution in [0.15, 0.2) is 16.9 Å². The Morgan fingerprint density at radius 3 is 2.81 bits per heavy atom. The Balaban J connectivity index is 1.67. The van der Waals surface area contributed by atoms with E-state index in [2.05, 4.69) is 9.97 Å². The van der Waals surface area contributed by atoms with Gasteiger partial charge in [0.05, 0.1) is 16.0 Å². The van der Waals surface area contributed by atoms with Crippen LogP contribution < -0.4 is 15.0 Å². The minimum absolute atomic E-state index is 0.102. The molecular weight excluding hydrogens is 438 g/mol. The van der Waals surface area contributed by atoms with Gasteiger partial charge >= 0.3 is 0 Å².